The zero-order valence-corrected chi connectivity index (χ0v) is 32.3. The van der Waals surface area contributed by atoms with Gasteiger partial charge in [-0.3, -0.25) is 4.98 Å². The average Bonchev–Trinajstić information content (AvgIpc) is 3.75. The number of hydrogen-bond donors (Lipinski definition) is 0. The molecule has 274 valence electrons. The summed E-state index contributed by atoms with van der Waals surface area (Å²) in [6.45, 7) is 6.88. The van der Waals surface area contributed by atoms with Gasteiger partial charge in [-0.2, -0.15) is 0 Å². The van der Waals surface area contributed by atoms with Gasteiger partial charge in [0.1, 0.15) is 11.9 Å². The summed E-state index contributed by atoms with van der Waals surface area (Å²) in [5.74, 6) is 3.04. The molecule has 0 amide bonds. The molecule has 0 bridgehead atoms. The topological polar surface area (TPSA) is 60.8 Å². The largest absolute Gasteiger partial charge is 0.484 e. The summed E-state index contributed by atoms with van der Waals surface area (Å²) in [7, 11) is 0. The van der Waals surface area contributed by atoms with Gasteiger partial charge in [0.25, 0.3) is 0 Å². The average molecular weight is 737 g/mol. The third-order valence-electron chi connectivity index (χ3n) is 12.4. The van der Waals surface area contributed by atoms with Gasteiger partial charge in [-0.05, 0) is 70.8 Å². The number of rotatable bonds is 5. The predicted molar refractivity (Wildman–Crippen MR) is 230 cm³/mol. The summed E-state index contributed by atoms with van der Waals surface area (Å²) in [4.78, 5) is 20.4. The van der Waals surface area contributed by atoms with Gasteiger partial charge in [0.05, 0.1) is 5.52 Å². The van der Waals surface area contributed by atoms with Gasteiger partial charge in [-0.25, -0.2) is 15.0 Å². The summed E-state index contributed by atoms with van der Waals surface area (Å²) in [5, 5.41) is 1.16. The molecule has 57 heavy (non-hydrogen) atoms. The highest BCUT2D eigenvalue weighted by Crippen LogP contribution is 2.53. The second-order valence-electron chi connectivity index (χ2n) is 16.1. The monoisotopic (exact) mass is 736 g/mol. The SMILES string of the molecule is CC1=C(c2ccc(-c3cccc4ncccc34)cc2)C2=C(CC1)C1=C(c3nc(-c4ccccc4)nc(-c4cccc5c4C(C)(C)c4ccccc4-5)n3)C=CCC1O2. The van der Waals surface area contributed by atoms with E-state index in [1.807, 2.05) is 30.5 Å². The van der Waals surface area contributed by atoms with Crippen molar-refractivity contribution in [1.29, 1.82) is 0 Å². The third-order valence-corrected chi connectivity index (χ3v) is 12.4. The summed E-state index contributed by atoms with van der Waals surface area (Å²) < 4.78 is 7.02. The second kappa shape index (κ2) is 12.9. The van der Waals surface area contributed by atoms with Crippen LogP contribution in [0.25, 0.3) is 67.1 Å². The minimum absolute atomic E-state index is 0.104. The Balaban J connectivity index is 1.05. The molecule has 3 aliphatic carbocycles. The molecule has 4 aliphatic rings. The number of benzene rings is 5. The lowest BCUT2D eigenvalue weighted by Crippen LogP contribution is -2.17. The van der Waals surface area contributed by atoms with Gasteiger partial charge < -0.3 is 4.74 Å². The van der Waals surface area contributed by atoms with E-state index in [4.69, 9.17) is 19.7 Å². The Morgan fingerprint density at radius 3 is 2.21 bits per heavy atom. The van der Waals surface area contributed by atoms with Gasteiger partial charge in [0.2, 0.25) is 0 Å². The Kier molecular flexibility index (Phi) is 7.62. The summed E-state index contributed by atoms with van der Waals surface area (Å²) in [6.07, 6.45) is 8.86. The molecule has 0 radical (unpaired) electrons. The van der Waals surface area contributed by atoms with E-state index in [1.54, 1.807) is 0 Å². The molecule has 0 saturated heterocycles. The molecule has 0 N–H and O–H groups in total. The Labute approximate surface area is 332 Å². The van der Waals surface area contributed by atoms with Crippen molar-refractivity contribution in [2.45, 2.75) is 51.6 Å². The lowest BCUT2D eigenvalue weighted by Gasteiger charge is -2.24. The Morgan fingerprint density at radius 2 is 1.33 bits per heavy atom. The molecule has 1 aliphatic heterocycles. The van der Waals surface area contributed by atoms with E-state index in [0.717, 1.165) is 52.6 Å². The van der Waals surface area contributed by atoms with Gasteiger partial charge in [0, 0.05) is 56.8 Å². The molecule has 5 aromatic carbocycles. The standard InChI is InChI=1S/C52H40N4O/c1-31-24-29-39-46-40(18-11-23-44(46)57-48(39)45(31)33-27-25-32(26-28-33)35-16-10-22-43-37(35)20-12-30-53-43)50-54-49(34-13-5-4-6-14-34)55-51(56-50)41-19-9-17-38-36-15-7-8-21-42(36)52(2,3)47(38)41/h4-22,25-28,30,44H,23-24,29H2,1-3H3. The summed E-state index contributed by atoms with van der Waals surface area (Å²) in [5.41, 5.74) is 17.5. The number of pyridine rings is 1. The molecular formula is C52H40N4O. The quantitative estimate of drug-likeness (QED) is 0.176. The molecule has 0 fully saturated rings. The fourth-order valence-electron chi connectivity index (χ4n) is 9.69. The zero-order chi connectivity index (χ0) is 38.3. The maximum Gasteiger partial charge on any atom is 0.164 e. The fourth-order valence-corrected chi connectivity index (χ4v) is 9.69. The Hall–Kier alpha value is -6.72. The van der Waals surface area contributed by atoms with E-state index >= 15 is 0 Å². The van der Waals surface area contributed by atoms with Crippen LogP contribution in [-0.4, -0.2) is 26.0 Å². The number of ether oxygens (including phenoxy) is 1. The van der Waals surface area contributed by atoms with E-state index < -0.39 is 0 Å². The maximum absolute atomic E-state index is 7.02. The molecule has 0 spiro atoms. The minimum atomic E-state index is -0.216. The Bertz CT molecular complexity index is 2930. The minimum Gasteiger partial charge on any atom is -0.484 e. The van der Waals surface area contributed by atoms with Crippen molar-refractivity contribution in [3.05, 3.63) is 191 Å². The molecule has 5 heteroatoms. The van der Waals surface area contributed by atoms with Crippen LogP contribution in [0.5, 0.6) is 0 Å². The van der Waals surface area contributed by atoms with Crippen LogP contribution in [0, 0.1) is 0 Å². The van der Waals surface area contributed by atoms with Crippen LogP contribution in [0.2, 0.25) is 0 Å². The first-order valence-corrected chi connectivity index (χ1v) is 20.0. The molecule has 1 unspecified atom stereocenters. The molecule has 2 aromatic heterocycles. The lowest BCUT2D eigenvalue weighted by molar-refractivity contribution is 0.181. The maximum atomic E-state index is 7.02. The molecule has 3 heterocycles. The van der Waals surface area contributed by atoms with Gasteiger partial charge in [-0.15, -0.1) is 0 Å². The van der Waals surface area contributed by atoms with Crippen LogP contribution >= 0.6 is 0 Å². The van der Waals surface area contributed by atoms with E-state index in [0.29, 0.717) is 17.5 Å². The van der Waals surface area contributed by atoms with E-state index in [1.165, 1.54) is 61.2 Å². The number of nitrogens with zero attached hydrogens (tertiary/aromatic N) is 4. The highest BCUT2D eigenvalue weighted by Gasteiger charge is 2.40. The van der Waals surface area contributed by atoms with Crippen LogP contribution in [-0.2, 0) is 10.2 Å². The third kappa shape index (κ3) is 5.29. The van der Waals surface area contributed by atoms with Crippen molar-refractivity contribution < 1.29 is 4.74 Å². The highest BCUT2D eigenvalue weighted by atomic mass is 16.5. The van der Waals surface area contributed by atoms with Crippen molar-refractivity contribution in [1.82, 2.24) is 19.9 Å². The van der Waals surface area contributed by atoms with Crippen molar-refractivity contribution in [3.8, 4) is 45.0 Å². The van der Waals surface area contributed by atoms with Crippen LogP contribution < -0.4 is 0 Å². The molecular weight excluding hydrogens is 697 g/mol. The molecule has 1 atom stereocenters. The van der Waals surface area contributed by atoms with Crippen molar-refractivity contribution in [3.63, 3.8) is 0 Å². The van der Waals surface area contributed by atoms with E-state index in [-0.39, 0.29) is 11.5 Å². The van der Waals surface area contributed by atoms with Gasteiger partial charge in [-0.1, -0.05) is 147 Å². The normalized spacial score (nSPS) is 17.7. The van der Waals surface area contributed by atoms with Gasteiger partial charge in [0.15, 0.2) is 17.5 Å². The number of fused-ring (bicyclic) bond motifs is 6. The first kappa shape index (κ1) is 33.6. The molecule has 11 rings (SSSR count). The fraction of sp³-hybridized carbons (Fsp3) is 0.154. The van der Waals surface area contributed by atoms with Gasteiger partial charge >= 0.3 is 0 Å². The second-order valence-corrected chi connectivity index (χ2v) is 16.1. The van der Waals surface area contributed by atoms with Crippen LogP contribution in [0.3, 0.4) is 0 Å². The summed E-state index contributed by atoms with van der Waals surface area (Å²) in [6, 6.07) is 45.1. The number of aromatic nitrogens is 4. The highest BCUT2D eigenvalue weighted by molar-refractivity contribution is 5.95. The molecule has 7 aromatic rings. The van der Waals surface area contributed by atoms with Crippen molar-refractivity contribution in [2.24, 2.45) is 0 Å². The van der Waals surface area contributed by atoms with E-state index in [9.17, 15) is 0 Å². The lowest BCUT2D eigenvalue weighted by atomic mass is 9.80. The predicted octanol–water partition coefficient (Wildman–Crippen LogP) is 12.4. The van der Waals surface area contributed by atoms with Crippen LogP contribution in [0.15, 0.2) is 168 Å². The Morgan fingerprint density at radius 1 is 0.614 bits per heavy atom. The van der Waals surface area contributed by atoms with Crippen LogP contribution in [0.1, 0.15) is 62.5 Å². The van der Waals surface area contributed by atoms with Crippen molar-refractivity contribution >= 4 is 22.0 Å². The summed E-state index contributed by atoms with van der Waals surface area (Å²) >= 11 is 0. The molecule has 5 nitrogen and oxygen atoms in total. The first-order chi connectivity index (χ1) is 27.9. The van der Waals surface area contributed by atoms with Crippen molar-refractivity contribution in [2.75, 3.05) is 0 Å². The number of hydrogen-bond acceptors (Lipinski definition) is 5. The van der Waals surface area contributed by atoms with Crippen LogP contribution in [0.4, 0.5) is 0 Å². The smallest absolute Gasteiger partial charge is 0.164 e. The molecule has 0 saturated carbocycles. The first-order valence-electron chi connectivity index (χ1n) is 20.0. The van der Waals surface area contributed by atoms with E-state index in [2.05, 4.69) is 141 Å². The number of allylic oxidation sites excluding steroid dienone is 4. The zero-order valence-electron chi connectivity index (χ0n) is 32.3.